The monoisotopic (exact) mass is 321 g/mol. The van der Waals surface area contributed by atoms with Crippen molar-refractivity contribution < 1.29 is 14.7 Å². The maximum Gasteiger partial charge on any atom is 0.307 e. The minimum absolute atomic E-state index is 0.0552. The molecular formula is C19H31NO3. The summed E-state index contributed by atoms with van der Waals surface area (Å²) in [4.78, 5) is 26.7. The summed E-state index contributed by atoms with van der Waals surface area (Å²) >= 11 is 0. The van der Waals surface area contributed by atoms with Crippen LogP contribution in [-0.2, 0) is 9.59 Å². The lowest BCUT2D eigenvalue weighted by atomic mass is 9.82. The normalized spacial score (nSPS) is 28.3. The highest BCUT2D eigenvalue weighted by molar-refractivity contribution is 5.87. The zero-order valence-electron chi connectivity index (χ0n) is 14.5. The summed E-state index contributed by atoms with van der Waals surface area (Å²) in [6, 6.07) is 0. The fourth-order valence-electron chi connectivity index (χ4n) is 4.14. The molecule has 1 saturated carbocycles. The Morgan fingerprint density at radius 2 is 1.48 bits per heavy atom. The van der Waals surface area contributed by atoms with Crippen molar-refractivity contribution in [2.45, 2.75) is 58.8 Å². The van der Waals surface area contributed by atoms with Crippen LogP contribution < -0.4 is 0 Å². The number of fused-ring (bicyclic) bond motifs is 2. The van der Waals surface area contributed by atoms with Crippen LogP contribution in [0.3, 0.4) is 0 Å². The molecule has 0 saturated heterocycles. The smallest absolute Gasteiger partial charge is 0.307 e. The van der Waals surface area contributed by atoms with Gasteiger partial charge in [0.25, 0.3) is 0 Å². The third-order valence-electron chi connectivity index (χ3n) is 5.40. The van der Waals surface area contributed by atoms with Gasteiger partial charge in [0.15, 0.2) is 0 Å². The van der Waals surface area contributed by atoms with Crippen molar-refractivity contribution in [3.63, 3.8) is 0 Å². The Hall–Kier alpha value is -1.32. The van der Waals surface area contributed by atoms with Crippen LogP contribution in [0, 0.1) is 23.7 Å². The highest BCUT2D eigenvalue weighted by Crippen LogP contribution is 2.48. The second-order valence-electron chi connectivity index (χ2n) is 7.08. The molecule has 2 bridgehead atoms. The van der Waals surface area contributed by atoms with Crippen LogP contribution in [0.25, 0.3) is 0 Å². The minimum Gasteiger partial charge on any atom is -0.481 e. The lowest BCUT2D eigenvalue weighted by Crippen LogP contribution is -2.43. The molecule has 4 nitrogen and oxygen atoms in total. The Bertz CT molecular complexity index is 436. The maximum atomic E-state index is 13.1. The molecule has 0 aromatic rings. The number of rotatable bonds is 10. The molecule has 4 heteroatoms. The van der Waals surface area contributed by atoms with Gasteiger partial charge in [-0.25, -0.2) is 0 Å². The number of aliphatic carboxylic acids is 1. The molecule has 2 aliphatic rings. The molecule has 0 spiro atoms. The Labute approximate surface area is 139 Å². The molecule has 0 aliphatic heterocycles. The molecule has 1 fully saturated rings. The predicted molar refractivity (Wildman–Crippen MR) is 91.0 cm³/mol. The molecule has 1 N–H and O–H groups in total. The van der Waals surface area contributed by atoms with E-state index in [-0.39, 0.29) is 23.7 Å². The predicted octanol–water partition coefficient (Wildman–Crippen LogP) is 3.72. The van der Waals surface area contributed by atoms with Crippen LogP contribution in [-0.4, -0.2) is 35.0 Å². The van der Waals surface area contributed by atoms with Crippen LogP contribution in [0.15, 0.2) is 12.2 Å². The van der Waals surface area contributed by atoms with E-state index in [4.69, 9.17) is 0 Å². The molecule has 2 aliphatic carbocycles. The number of carbonyl (C=O) groups is 2. The van der Waals surface area contributed by atoms with E-state index in [1.54, 1.807) is 0 Å². The molecule has 23 heavy (non-hydrogen) atoms. The number of hydrogen-bond acceptors (Lipinski definition) is 2. The highest BCUT2D eigenvalue weighted by Gasteiger charge is 2.52. The fraction of sp³-hybridized carbons (Fsp3) is 0.789. The van der Waals surface area contributed by atoms with Gasteiger partial charge in [0.05, 0.1) is 11.8 Å². The molecule has 0 aromatic heterocycles. The Morgan fingerprint density at radius 3 is 1.96 bits per heavy atom. The van der Waals surface area contributed by atoms with Gasteiger partial charge >= 0.3 is 5.97 Å². The number of hydrogen-bond donors (Lipinski definition) is 1. The molecule has 4 atom stereocenters. The van der Waals surface area contributed by atoms with Gasteiger partial charge in [-0.15, -0.1) is 0 Å². The lowest BCUT2D eigenvalue weighted by molar-refractivity contribution is -0.151. The molecule has 0 heterocycles. The van der Waals surface area contributed by atoms with E-state index < -0.39 is 11.9 Å². The first kappa shape index (κ1) is 18.0. The summed E-state index contributed by atoms with van der Waals surface area (Å²) in [5.41, 5.74) is 0. The zero-order chi connectivity index (χ0) is 16.8. The highest BCUT2D eigenvalue weighted by atomic mass is 16.4. The van der Waals surface area contributed by atoms with Gasteiger partial charge in [-0.05, 0) is 31.1 Å². The van der Waals surface area contributed by atoms with E-state index in [0.29, 0.717) is 0 Å². The Morgan fingerprint density at radius 1 is 0.957 bits per heavy atom. The van der Waals surface area contributed by atoms with Crippen molar-refractivity contribution in [2.75, 3.05) is 13.1 Å². The second kappa shape index (κ2) is 8.51. The number of carboxylic acid groups (broad SMARTS) is 1. The average molecular weight is 321 g/mol. The third-order valence-corrected chi connectivity index (χ3v) is 5.40. The number of amides is 1. The van der Waals surface area contributed by atoms with Crippen molar-refractivity contribution >= 4 is 11.9 Å². The number of nitrogens with zero attached hydrogens (tertiary/aromatic N) is 1. The Balaban J connectivity index is 2.05. The summed E-state index contributed by atoms with van der Waals surface area (Å²) in [6.07, 6.45) is 11.5. The summed E-state index contributed by atoms with van der Waals surface area (Å²) in [5, 5.41) is 9.56. The largest absolute Gasteiger partial charge is 0.481 e. The summed E-state index contributed by atoms with van der Waals surface area (Å²) in [7, 11) is 0. The van der Waals surface area contributed by atoms with Gasteiger partial charge in [-0.2, -0.15) is 0 Å². The van der Waals surface area contributed by atoms with E-state index >= 15 is 0 Å². The van der Waals surface area contributed by atoms with Crippen LogP contribution in [0.2, 0.25) is 0 Å². The summed E-state index contributed by atoms with van der Waals surface area (Å²) < 4.78 is 0. The van der Waals surface area contributed by atoms with Crippen molar-refractivity contribution in [1.29, 1.82) is 0 Å². The van der Waals surface area contributed by atoms with Crippen molar-refractivity contribution in [3.05, 3.63) is 12.2 Å². The van der Waals surface area contributed by atoms with Gasteiger partial charge in [-0.1, -0.05) is 51.7 Å². The first-order valence-electron chi connectivity index (χ1n) is 9.30. The molecule has 0 radical (unpaired) electrons. The van der Waals surface area contributed by atoms with Gasteiger partial charge in [0.1, 0.15) is 0 Å². The fourth-order valence-corrected chi connectivity index (χ4v) is 4.14. The summed E-state index contributed by atoms with van der Waals surface area (Å²) in [6.45, 7) is 5.87. The van der Waals surface area contributed by atoms with E-state index in [1.165, 1.54) is 0 Å². The van der Waals surface area contributed by atoms with Crippen LogP contribution >= 0.6 is 0 Å². The topological polar surface area (TPSA) is 57.6 Å². The molecule has 2 rings (SSSR count). The van der Waals surface area contributed by atoms with E-state index in [0.717, 1.165) is 58.0 Å². The van der Waals surface area contributed by atoms with Crippen LogP contribution in [0.4, 0.5) is 0 Å². The van der Waals surface area contributed by atoms with Gasteiger partial charge in [0.2, 0.25) is 5.91 Å². The molecule has 130 valence electrons. The van der Waals surface area contributed by atoms with Crippen LogP contribution in [0.5, 0.6) is 0 Å². The van der Waals surface area contributed by atoms with E-state index in [9.17, 15) is 14.7 Å². The number of carboxylic acids is 1. The van der Waals surface area contributed by atoms with Crippen molar-refractivity contribution in [1.82, 2.24) is 4.90 Å². The zero-order valence-corrected chi connectivity index (χ0v) is 14.5. The quantitative estimate of drug-likeness (QED) is 0.493. The van der Waals surface area contributed by atoms with Gasteiger partial charge in [0, 0.05) is 13.1 Å². The molecule has 0 aromatic carbocycles. The van der Waals surface area contributed by atoms with Gasteiger partial charge < -0.3 is 10.0 Å². The Kier molecular flexibility index (Phi) is 6.67. The maximum absolute atomic E-state index is 13.1. The number of allylic oxidation sites excluding steroid dienone is 2. The number of carbonyl (C=O) groups excluding carboxylic acids is 1. The third kappa shape index (κ3) is 4.15. The molecule has 1 amide bonds. The molecule has 0 unspecified atom stereocenters. The van der Waals surface area contributed by atoms with E-state index in [1.807, 2.05) is 11.0 Å². The minimum atomic E-state index is -0.803. The average Bonchev–Trinajstić information content (AvgIpc) is 3.14. The van der Waals surface area contributed by atoms with Crippen molar-refractivity contribution in [3.8, 4) is 0 Å². The number of unbranched alkanes of at least 4 members (excludes halogenated alkanes) is 4. The standard InChI is InChI=1S/C19H31NO3/c1-3-5-7-11-20(12-8-6-4-2)18(21)16-14-9-10-15(13-14)17(16)19(22)23/h9-10,14-17H,3-8,11-13H2,1-2H3,(H,22,23)/t14-,15+,16+,17+/m1/s1. The SMILES string of the molecule is CCCCCN(CCCCC)C(=O)[C@@H]1[C@@H](C(=O)O)[C@H]2C=C[C@@H]1C2. The summed E-state index contributed by atoms with van der Waals surface area (Å²) in [5.74, 6) is -1.39. The first-order valence-corrected chi connectivity index (χ1v) is 9.30. The van der Waals surface area contributed by atoms with Gasteiger partial charge in [-0.3, -0.25) is 9.59 Å². The lowest BCUT2D eigenvalue weighted by Gasteiger charge is -2.31. The second-order valence-corrected chi connectivity index (χ2v) is 7.08. The molecular weight excluding hydrogens is 290 g/mol. The first-order chi connectivity index (χ1) is 11.1. The van der Waals surface area contributed by atoms with Crippen molar-refractivity contribution in [2.24, 2.45) is 23.7 Å². The van der Waals surface area contributed by atoms with E-state index in [2.05, 4.69) is 19.9 Å². The van der Waals surface area contributed by atoms with Crippen LogP contribution in [0.1, 0.15) is 58.8 Å².